The molecule has 0 spiro atoms. The van der Waals surface area contributed by atoms with Crippen LogP contribution in [-0.2, 0) is 11.3 Å². The van der Waals surface area contributed by atoms with Crippen LogP contribution in [0.15, 0.2) is 78.9 Å². The van der Waals surface area contributed by atoms with E-state index in [-0.39, 0.29) is 17.7 Å². The van der Waals surface area contributed by atoms with Crippen LogP contribution >= 0.6 is 0 Å². The summed E-state index contributed by atoms with van der Waals surface area (Å²) in [4.78, 5) is 47.5. The molecule has 2 saturated heterocycles. The summed E-state index contributed by atoms with van der Waals surface area (Å²) in [5.74, 6) is -0.0721. The minimum Gasteiger partial charge on any atom is -0.368 e. The predicted molar refractivity (Wildman–Crippen MR) is 143 cm³/mol. The lowest BCUT2D eigenvalue weighted by Gasteiger charge is -2.36. The van der Waals surface area contributed by atoms with Crippen LogP contribution < -0.4 is 9.80 Å². The highest BCUT2D eigenvalue weighted by Crippen LogP contribution is 2.33. The Morgan fingerprint density at radius 3 is 2.24 bits per heavy atom. The van der Waals surface area contributed by atoms with Crippen LogP contribution in [0.3, 0.4) is 0 Å². The van der Waals surface area contributed by atoms with Crippen LogP contribution in [0.1, 0.15) is 39.1 Å². The second-order valence-electron chi connectivity index (χ2n) is 9.91. The standard InChI is InChI=1S/C30H30N4O3/c35-28(32-19-17-31(18-20-32)24-7-2-1-3-8-24)23-14-12-22(13-15-23)21-34-26-10-5-4-9-25(26)29(36)33-16-6-11-27(33)30(34)37/h1-5,7-10,12-15,27H,6,11,16-21H2/t27-/m0/s1. The van der Waals surface area contributed by atoms with E-state index >= 15 is 0 Å². The van der Waals surface area contributed by atoms with Gasteiger partial charge in [0.05, 0.1) is 17.8 Å². The number of para-hydroxylation sites is 2. The van der Waals surface area contributed by atoms with Gasteiger partial charge in [-0.2, -0.15) is 0 Å². The normalized spacial score (nSPS) is 19.5. The maximum Gasteiger partial charge on any atom is 0.256 e. The van der Waals surface area contributed by atoms with E-state index < -0.39 is 6.04 Å². The third kappa shape index (κ3) is 4.35. The summed E-state index contributed by atoms with van der Waals surface area (Å²) < 4.78 is 0. The first-order valence-electron chi connectivity index (χ1n) is 13.0. The summed E-state index contributed by atoms with van der Waals surface area (Å²) in [6, 6.07) is 24.8. The van der Waals surface area contributed by atoms with Crippen molar-refractivity contribution < 1.29 is 14.4 Å². The summed E-state index contributed by atoms with van der Waals surface area (Å²) in [7, 11) is 0. The summed E-state index contributed by atoms with van der Waals surface area (Å²) in [6.07, 6.45) is 1.54. The van der Waals surface area contributed by atoms with E-state index in [0.717, 1.165) is 25.1 Å². The lowest BCUT2D eigenvalue weighted by atomic mass is 10.1. The minimum absolute atomic E-state index is 0.0302. The number of benzene rings is 3. The third-order valence-corrected chi connectivity index (χ3v) is 7.72. The summed E-state index contributed by atoms with van der Waals surface area (Å²) in [5.41, 5.74) is 3.99. The minimum atomic E-state index is -0.407. The first-order chi connectivity index (χ1) is 18.1. The van der Waals surface area contributed by atoms with Crippen LogP contribution in [-0.4, -0.2) is 66.3 Å². The third-order valence-electron chi connectivity index (χ3n) is 7.72. The second kappa shape index (κ2) is 9.73. The van der Waals surface area contributed by atoms with Crippen LogP contribution in [0, 0.1) is 0 Å². The van der Waals surface area contributed by atoms with Gasteiger partial charge in [0.2, 0.25) is 5.91 Å². The van der Waals surface area contributed by atoms with Crippen LogP contribution in [0.25, 0.3) is 0 Å². The van der Waals surface area contributed by atoms with Crippen molar-refractivity contribution in [3.05, 3.63) is 95.6 Å². The number of carbonyl (C=O) groups excluding carboxylic acids is 3. The Hall–Kier alpha value is -4.13. The molecule has 0 saturated carbocycles. The van der Waals surface area contributed by atoms with Gasteiger partial charge in [0.1, 0.15) is 6.04 Å². The summed E-state index contributed by atoms with van der Waals surface area (Å²) in [6.45, 7) is 3.95. The Labute approximate surface area is 216 Å². The Bertz CT molecular complexity index is 1320. The van der Waals surface area contributed by atoms with Gasteiger partial charge >= 0.3 is 0 Å². The molecule has 3 aliphatic heterocycles. The molecule has 0 aliphatic carbocycles. The molecule has 0 N–H and O–H groups in total. The highest BCUT2D eigenvalue weighted by molar-refractivity contribution is 6.11. The molecule has 3 amide bonds. The molecule has 0 radical (unpaired) electrons. The number of piperazine rings is 1. The van der Waals surface area contributed by atoms with Gasteiger partial charge in [-0.3, -0.25) is 14.4 Å². The van der Waals surface area contributed by atoms with Crippen molar-refractivity contribution >= 4 is 29.1 Å². The molecule has 188 valence electrons. The smallest absolute Gasteiger partial charge is 0.256 e. The fourth-order valence-corrected chi connectivity index (χ4v) is 5.70. The number of fused-ring (bicyclic) bond motifs is 2. The zero-order chi connectivity index (χ0) is 25.4. The first kappa shape index (κ1) is 23.3. The van der Waals surface area contributed by atoms with Gasteiger partial charge in [0.15, 0.2) is 0 Å². The number of hydrogen-bond acceptors (Lipinski definition) is 4. The number of anilines is 2. The summed E-state index contributed by atoms with van der Waals surface area (Å²) in [5, 5.41) is 0. The second-order valence-corrected chi connectivity index (χ2v) is 9.91. The molecule has 0 unspecified atom stereocenters. The SMILES string of the molecule is O=C(c1ccc(CN2C(=O)[C@@H]3CCCN3C(=O)c3ccccc32)cc1)N1CCN(c2ccccc2)CC1. The average Bonchev–Trinajstić information content (AvgIpc) is 3.43. The van der Waals surface area contributed by atoms with Gasteiger partial charge in [-0.05, 0) is 54.8 Å². The maximum atomic E-state index is 13.5. The Morgan fingerprint density at radius 2 is 1.49 bits per heavy atom. The van der Waals surface area contributed by atoms with Crippen molar-refractivity contribution in [1.29, 1.82) is 0 Å². The van der Waals surface area contributed by atoms with Crippen molar-refractivity contribution in [2.24, 2.45) is 0 Å². The van der Waals surface area contributed by atoms with Gasteiger partial charge in [-0.1, -0.05) is 42.5 Å². The number of nitrogens with zero attached hydrogens (tertiary/aromatic N) is 4. The predicted octanol–water partition coefficient (Wildman–Crippen LogP) is 3.80. The van der Waals surface area contributed by atoms with Gasteiger partial charge in [0, 0.05) is 44.0 Å². The summed E-state index contributed by atoms with van der Waals surface area (Å²) >= 11 is 0. The van der Waals surface area contributed by atoms with Crippen molar-refractivity contribution in [1.82, 2.24) is 9.80 Å². The highest BCUT2D eigenvalue weighted by atomic mass is 16.2. The molecule has 37 heavy (non-hydrogen) atoms. The van der Waals surface area contributed by atoms with Crippen molar-refractivity contribution in [3.8, 4) is 0 Å². The number of carbonyl (C=O) groups is 3. The quantitative estimate of drug-likeness (QED) is 0.554. The molecule has 1 atom stereocenters. The zero-order valence-corrected chi connectivity index (χ0v) is 20.8. The fourth-order valence-electron chi connectivity index (χ4n) is 5.70. The van der Waals surface area contributed by atoms with Gasteiger partial charge in [-0.25, -0.2) is 0 Å². The molecule has 2 fully saturated rings. The molecule has 7 nitrogen and oxygen atoms in total. The molecule has 3 heterocycles. The van der Waals surface area contributed by atoms with E-state index in [1.165, 1.54) is 5.69 Å². The molecular formula is C30H30N4O3. The average molecular weight is 495 g/mol. The van der Waals surface area contributed by atoms with Crippen LogP contribution in [0.2, 0.25) is 0 Å². The van der Waals surface area contributed by atoms with E-state index in [1.807, 2.05) is 65.6 Å². The molecule has 0 bridgehead atoms. The Balaban J connectivity index is 1.16. The van der Waals surface area contributed by atoms with Crippen LogP contribution in [0.4, 0.5) is 11.4 Å². The maximum absolute atomic E-state index is 13.5. The monoisotopic (exact) mass is 494 g/mol. The largest absolute Gasteiger partial charge is 0.368 e. The van der Waals surface area contributed by atoms with E-state index in [1.54, 1.807) is 15.9 Å². The van der Waals surface area contributed by atoms with Crippen molar-refractivity contribution in [3.63, 3.8) is 0 Å². The highest BCUT2D eigenvalue weighted by Gasteiger charge is 2.41. The van der Waals surface area contributed by atoms with E-state index in [0.29, 0.717) is 49.4 Å². The molecule has 6 rings (SSSR count). The number of amides is 3. The Morgan fingerprint density at radius 1 is 0.784 bits per heavy atom. The lowest BCUT2D eigenvalue weighted by Crippen LogP contribution is -2.48. The molecule has 3 aromatic carbocycles. The lowest BCUT2D eigenvalue weighted by molar-refractivity contribution is -0.122. The van der Waals surface area contributed by atoms with Crippen LogP contribution in [0.5, 0.6) is 0 Å². The number of rotatable bonds is 4. The van der Waals surface area contributed by atoms with Crippen molar-refractivity contribution in [2.75, 3.05) is 42.5 Å². The molecule has 7 heteroatoms. The van der Waals surface area contributed by atoms with Gasteiger partial charge in [-0.15, -0.1) is 0 Å². The van der Waals surface area contributed by atoms with E-state index in [4.69, 9.17) is 0 Å². The fraction of sp³-hybridized carbons (Fsp3) is 0.300. The topological polar surface area (TPSA) is 64.2 Å². The van der Waals surface area contributed by atoms with Gasteiger partial charge in [0.25, 0.3) is 11.8 Å². The molecule has 3 aliphatic rings. The molecule has 3 aromatic rings. The number of hydrogen-bond donors (Lipinski definition) is 0. The molecular weight excluding hydrogens is 464 g/mol. The van der Waals surface area contributed by atoms with E-state index in [2.05, 4.69) is 17.0 Å². The first-order valence-corrected chi connectivity index (χ1v) is 13.0. The Kier molecular flexibility index (Phi) is 6.12. The van der Waals surface area contributed by atoms with Gasteiger partial charge < -0.3 is 19.6 Å². The zero-order valence-electron chi connectivity index (χ0n) is 20.8. The molecule has 0 aromatic heterocycles. The van der Waals surface area contributed by atoms with E-state index in [9.17, 15) is 14.4 Å². The van der Waals surface area contributed by atoms with Crippen molar-refractivity contribution in [2.45, 2.75) is 25.4 Å².